The lowest BCUT2D eigenvalue weighted by Crippen LogP contribution is -2.42. The fraction of sp³-hybridized carbons (Fsp3) is 0.125. The number of carboxylic acids is 1. The van der Waals surface area contributed by atoms with Crippen molar-refractivity contribution in [1.29, 1.82) is 0 Å². The molecule has 1 aromatic heterocycles. The number of hydrogen-bond acceptors (Lipinski definition) is 5. The monoisotopic (exact) mass is 583 g/mol. The second kappa shape index (κ2) is 12.3. The number of benzene rings is 4. The quantitative estimate of drug-likeness (QED) is 0.247. The van der Waals surface area contributed by atoms with E-state index in [9.17, 15) is 28.7 Å². The zero-order valence-corrected chi connectivity index (χ0v) is 23.3. The van der Waals surface area contributed by atoms with Crippen LogP contribution in [0.1, 0.15) is 21.5 Å². The van der Waals surface area contributed by atoms with Crippen LogP contribution in [0.4, 0.5) is 4.39 Å². The number of aryl methyl sites for hydroxylation is 1. The molecule has 5 aromatic rings. The average molecular weight is 584 g/mol. The maximum Gasteiger partial charge on any atom is 0.335 e. The maximum absolute atomic E-state index is 14.4. The van der Waals surface area contributed by atoms with Crippen LogP contribution < -0.4 is 16.6 Å². The molecule has 0 spiro atoms. The van der Waals surface area contributed by atoms with Gasteiger partial charge in [0.05, 0.1) is 5.69 Å². The number of aliphatic carboxylic acids is 1. The van der Waals surface area contributed by atoms with Crippen molar-refractivity contribution in [1.82, 2.24) is 14.5 Å². The lowest BCUT2D eigenvalue weighted by molar-refractivity contribution is -0.139. The number of carboxylic acid groups (broad SMARTS) is 1. The van der Waals surface area contributed by atoms with Gasteiger partial charge in [0.25, 0.3) is 11.5 Å². The predicted octanol–water partition coefficient (Wildman–Crippen LogP) is 4.55. The van der Waals surface area contributed by atoms with Crippen LogP contribution in [0.2, 0.25) is 0 Å². The van der Waals surface area contributed by atoms with Gasteiger partial charge in [-0.3, -0.25) is 9.59 Å². The van der Waals surface area contributed by atoms with E-state index in [0.29, 0.717) is 33.3 Å². The molecule has 4 aromatic carbocycles. The van der Waals surface area contributed by atoms with Crippen molar-refractivity contribution < 1.29 is 19.1 Å². The Bertz CT molecular complexity index is 1920. The minimum absolute atomic E-state index is 0.0180. The number of rotatable bonds is 9. The topological polar surface area (TPSA) is 110 Å². The highest BCUT2D eigenvalue weighted by atomic mass is 32.2. The summed E-state index contributed by atoms with van der Waals surface area (Å²) in [6.07, 6.45) is 1.30. The zero-order valence-electron chi connectivity index (χ0n) is 22.5. The van der Waals surface area contributed by atoms with Crippen LogP contribution in [0.15, 0.2) is 112 Å². The standard InChI is InChI=1S/C32H26FN3O5S/c1-35-14-13-29(37)36(32(35)41)28-12-6-10-25-21(7-5-11-26(25)28)18-27(31(39)40)34-30(38)22-15-20(16-23(33)17-22)19-42-24-8-3-2-4-9-24/h2-17,27H,18-19H2,1H3,(H,34,38)(H,39,40)/t27-/m0/s1. The van der Waals surface area contributed by atoms with E-state index in [1.54, 1.807) is 49.5 Å². The molecule has 5 rings (SSSR count). The smallest absolute Gasteiger partial charge is 0.335 e. The highest BCUT2D eigenvalue weighted by Gasteiger charge is 2.23. The molecule has 1 amide bonds. The molecule has 0 saturated carbocycles. The van der Waals surface area contributed by atoms with Crippen molar-refractivity contribution in [2.75, 3.05) is 0 Å². The SMILES string of the molecule is Cn1ccc(=O)n(-c2cccc3c(C[C@H](NC(=O)c4cc(F)cc(CSc5ccccc5)c4)C(=O)O)cccc23)c1=O. The Hall–Kier alpha value is -4.96. The van der Waals surface area contributed by atoms with Crippen molar-refractivity contribution in [2.45, 2.75) is 23.1 Å². The van der Waals surface area contributed by atoms with Gasteiger partial charge in [0, 0.05) is 47.3 Å². The summed E-state index contributed by atoms with van der Waals surface area (Å²) in [5, 5.41) is 13.7. The first-order valence-corrected chi connectivity index (χ1v) is 14.0. The van der Waals surface area contributed by atoms with E-state index < -0.39 is 35.0 Å². The summed E-state index contributed by atoms with van der Waals surface area (Å²) < 4.78 is 16.8. The first-order valence-electron chi connectivity index (χ1n) is 13.0. The molecule has 0 fully saturated rings. The van der Waals surface area contributed by atoms with Gasteiger partial charge in [-0.05, 0) is 52.9 Å². The number of halogens is 1. The first-order chi connectivity index (χ1) is 20.2. The van der Waals surface area contributed by atoms with Gasteiger partial charge in [0.2, 0.25) is 0 Å². The summed E-state index contributed by atoms with van der Waals surface area (Å²) in [5.41, 5.74) is 0.532. The van der Waals surface area contributed by atoms with E-state index >= 15 is 0 Å². The van der Waals surface area contributed by atoms with E-state index in [-0.39, 0.29) is 12.0 Å². The summed E-state index contributed by atoms with van der Waals surface area (Å²) in [7, 11) is 1.54. The van der Waals surface area contributed by atoms with E-state index in [4.69, 9.17) is 0 Å². The van der Waals surface area contributed by atoms with Crippen molar-refractivity contribution >= 4 is 34.4 Å². The second-order valence-corrected chi connectivity index (χ2v) is 10.7. The molecule has 0 unspecified atom stereocenters. The molecule has 10 heteroatoms. The number of amides is 1. The molecule has 0 bridgehead atoms. The number of carbonyl (C=O) groups excluding carboxylic acids is 1. The third-order valence-corrected chi connectivity index (χ3v) is 7.86. The second-order valence-electron chi connectivity index (χ2n) is 9.69. The van der Waals surface area contributed by atoms with Crippen LogP contribution in [0.3, 0.4) is 0 Å². The van der Waals surface area contributed by atoms with E-state index in [1.807, 2.05) is 30.3 Å². The van der Waals surface area contributed by atoms with Crippen LogP contribution in [0.25, 0.3) is 16.5 Å². The number of carbonyl (C=O) groups is 2. The number of nitrogens with zero attached hydrogens (tertiary/aromatic N) is 2. The molecule has 0 aliphatic heterocycles. The van der Waals surface area contributed by atoms with Gasteiger partial charge < -0.3 is 15.0 Å². The molecular weight excluding hydrogens is 557 g/mol. The van der Waals surface area contributed by atoms with Crippen molar-refractivity contribution in [2.24, 2.45) is 7.05 Å². The molecule has 2 N–H and O–H groups in total. The number of thioether (sulfide) groups is 1. The lowest BCUT2D eigenvalue weighted by atomic mass is 9.97. The summed E-state index contributed by atoms with van der Waals surface area (Å²) in [6.45, 7) is 0. The number of fused-ring (bicyclic) bond motifs is 1. The molecule has 0 aliphatic carbocycles. The minimum atomic E-state index is -1.33. The number of hydrogen-bond donors (Lipinski definition) is 2. The first kappa shape index (κ1) is 28.6. The van der Waals surface area contributed by atoms with Gasteiger partial charge in [-0.15, -0.1) is 11.8 Å². The highest BCUT2D eigenvalue weighted by molar-refractivity contribution is 7.98. The summed E-state index contributed by atoms with van der Waals surface area (Å²) in [5.74, 6) is -2.15. The minimum Gasteiger partial charge on any atom is -0.480 e. The van der Waals surface area contributed by atoms with Crippen LogP contribution >= 0.6 is 11.8 Å². The fourth-order valence-corrected chi connectivity index (χ4v) is 5.58. The predicted molar refractivity (Wildman–Crippen MR) is 160 cm³/mol. The van der Waals surface area contributed by atoms with Gasteiger partial charge in [0.15, 0.2) is 0 Å². The van der Waals surface area contributed by atoms with Gasteiger partial charge in [0.1, 0.15) is 11.9 Å². The Kier molecular flexibility index (Phi) is 8.35. The van der Waals surface area contributed by atoms with Crippen LogP contribution in [-0.2, 0) is 24.0 Å². The van der Waals surface area contributed by atoms with Crippen molar-refractivity contribution in [3.05, 3.63) is 141 Å². The molecule has 1 heterocycles. The van der Waals surface area contributed by atoms with Crippen LogP contribution in [0.5, 0.6) is 0 Å². The molecule has 0 saturated heterocycles. The largest absolute Gasteiger partial charge is 0.480 e. The third kappa shape index (κ3) is 6.18. The Morgan fingerprint density at radius 3 is 2.43 bits per heavy atom. The van der Waals surface area contributed by atoms with Crippen LogP contribution in [-0.4, -0.2) is 32.2 Å². The maximum atomic E-state index is 14.4. The van der Waals surface area contributed by atoms with E-state index in [2.05, 4.69) is 5.32 Å². The van der Waals surface area contributed by atoms with Crippen molar-refractivity contribution in [3.8, 4) is 5.69 Å². The Labute approximate surface area is 244 Å². The molecule has 212 valence electrons. The summed E-state index contributed by atoms with van der Waals surface area (Å²) >= 11 is 1.49. The highest BCUT2D eigenvalue weighted by Crippen LogP contribution is 2.26. The van der Waals surface area contributed by atoms with Gasteiger partial charge in [-0.2, -0.15) is 0 Å². The summed E-state index contributed by atoms with van der Waals surface area (Å²) in [6, 6.07) is 23.7. The summed E-state index contributed by atoms with van der Waals surface area (Å²) in [4.78, 5) is 51.7. The van der Waals surface area contributed by atoms with E-state index in [1.165, 1.54) is 34.7 Å². The zero-order chi connectivity index (χ0) is 29.8. The lowest BCUT2D eigenvalue weighted by Gasteiger charge is -2.17. The number of nitrogens with one attached hydrogen (secondary N) is 1. The van der Waals surface area contributed by atoms with Crippen LogP contribution in [0, 0.1) is 5.82 Å². The number of aromatic nitrogens is 2. The van der Waals surface area contributed by atoms with Gasteiger partial charge in [-0.25, -0.2) is 18.5 Å². The van der Waals surface area contributed by atoms with Gasteiger partial charge in [-0.1, -0.05) is 48.5 Å². The molecule has 0 radical (unpaired) electrons. The Morgan fingerprint density at radius 2 is 1.67 bits per heavy atom. The van der Waals surface area contributed by atoms with Crippen molar-refractivity contribution in [3.63, 3.8) is 0 Å². The Balaban J connectivity index is 1.41. The molecule has 0 aliphatic rings. The average Bonchev–Trinajstić information content (AvgIpc) is 2.98. The van der Waals surface area contributed by atoms with Gasteiger partial charge >= 0.3 is 11.7 Å². The fourth-order valence-electron chi connectivity index (χ4n) is 4.73. The molecule has 1 atom stereocenters. The van der Waals surface area contributed by atoms with E-state index in [0.717, 1.165) is 15.5 Å². The molecular formula is C32H26FN3O5S. The Morgan fingerprint density at radius 1 is 0.929 bits per heavy atom. The molecule has 8 nitrogen and oxygen atoms in total. The third-order valence-electron chi connectivity index (χ3n) is 6.78. The normalized spacial score (nSPS) is 11.8. The molecule has 42 heavy (non-hydrogen) atoms.